The van der Waals surface area contributed by atoms with Crippen LogP contribution in [0, 0.1) is 30.9 Å². The molecule has 0 aliphatic heterocycles. The minimum absolute atomic E-state index is 0.165. The Bertz CT molecular complexity index is 669. The van der Waals surface area contributed by atoms with Gasteiger partial charge < -0.3 is 5.32 Å². The van der Waals surface area contributed by atoms with Crippen LogP contribution >= 0.6 is 0 Å². The smallest absolute Gasteiger partial charge is 0.278 e. The molecule has 0 aliphatic carbocycles. The fourth-order valence-corrected chi connectivity index (χ4v) is 2.35. The zero-order valence-electron chi connectivity index (χ0n) is 12.5. The molecule has 5 nitrogen and oxygen atoms in total. The van der Waals surface area contributed by atoms with E-state index in [0.29, 0.717) is 17.7 Å². The molecule has 1 heterocycles. The molecule has 0 saturated heterocycles. The quantitative estimate of drug-likeness (QED) is 0.676. The minimum Gasteiger partial charge on any atom is -0.307 e. The van der Waals surface area contributed by atoms with Crippen molar-refractivity contribution in [1.29, 1.82) is 0 Å². The van der Waals surface area contributed by atoms with E-state index >= 15 is 0 Å². The van der Waals surface area contributed by atoms with Crippen LogP contribution in [-0.2, 0) is 13.1 Å². The molecule has 0 aliphatic rings. The molecule has 2 rings (SSSR count). The Morgan fingerprint density at radius 2 is 1.86 bits per heavy atom. The molecule has 0 spiro atoms. The van der Waals surface area contributed by atoms with E-state index in [9.17, 15) is 10.1 Å². The van der Waals surface area contributed by atoms with Gasteiger partial charge in [-0.05, 0) is 31.9 Å². The molecular weight excluding hydrogens is 266 g/mol. The Labute approximate surface area is 124 Å². The molecule has 2 aromatic rings. The van der Waals surface area contributed by atoms with Gasteiger partial charge in [0.1, 0.15) is 0 Å². The second-order valence-corrected chi connectivity index (χ2v) is 5.15. The summed E-state index contributed by atoms with van der Waals surface area (Å²) in [6.07, 6.45) is 1.57. The molecule has 0 saturated carbocycles. The SMILES string of the molecule is Cc1ccccc1CNCc1ncc(C)c([N+](=O)[O-])c1C. The third-order valence-electron chi connectivity index (χ3n) is 3.63. The first kappa shape index (κ1) is 15.1. The highest BCUT2D eigenvalue weighted by molar-refractivity contribution is 5.47. The molecule has 1 aromatic heterocycles. The largest absolute Gasteiger partial charge is 0.307 e. The van der Waals surface area contributed by atoms with Crippen molar-refractivity contribution in [2.24, 2.45) is 0 Å². The standard InChI is InChI=1S/C16H19N3O2/c1-11-6-4-5-7-14(11)9-17-10-15-13(3)16(19(20)21)12(2)8-18-15/h4-8,17H,9-10H2,1-3H3. The highest BCUT2D eigenvalue weighted by Gasteiger charge is 2.18. The molecule has 0 fully saturated rings. The van der Waals surface area contributed by atoms with E-state index in [1.54, 1.807) is 20.0 Å². The van der Waals surface area contributed by atoms with Crippen molar-refractivity contribution >= 4 is 5.69 Å². The van der Waals surface area contributed by atoms with Crippen LogP contribution in [0.1, 0.15) is 27.9 Å². The van der Waals surface area contributed by atoms with Crippen molar-refractivity contribution in [3.8, 4) is 0 Å². The zero-order chi connectivity index (χ0) is 15.4. The Morgan fingerprint density at radius 1 is 1.14 bits per heavy atom. The maximum Gasteiger partial charge on any atom is 0.278 e. The van der Waals surface area contributed by atoms with Gasteiger partial charge >= 0.3 is 0 Å². The second kappa shape index (κ2) is 6.45. The lowest BCUT2D eigenvalue weighted by Gasteiger charge is -2.10. The number of aromatic nitrogens is 1. The monoisotopic (exact) mass is 285 g/mol. The molecule has 110 valence electrons. The van der Waals surface area contributed by atoms with Crippen molar-refractivity contribution in [1.82, 2.24) is 10.3 Å². The summed E-state index contributed by atoms with van der Waals surface area (Å²) in [6, 6.07) is 8.15. The average molecular weight is 285 g/mol. The summed E-state index contributed by atoms with van der Waals surface area (Å²) >= 11 is 0. The predicted molar refractivity (Wildman–Crippen MR) is 82.1 cm³/mol. The van der Waals surface area contributed by atoms with Crippen LogP contribution in [0.2, 0.25) is 0 Å². The summed E-state index contributed by atoms with van der Waals surface area (Å²) in [5.74, 6) is 0. The molecule has 0 atom stereocenters. The molecule has 21 heavy (non-hydrogen) atoms. The van der Waals surface area contributed by atoms with Crippen molar-refractivity contribution in [2.75, 3.05) is 0 Å². The van der Waals surface area contributed by atoms with Gasteiger partial charge in [0, 0.05) is 30.4 Å². The molecule has 0 radical (unpaired) electrons. The lowest BCUT2D eigenvalue weighted by atomic mass is 10.1. The Balaban J connectivity index is 2.09. The van der Waals surface area contributed by atoms with Crippen LogP contribution in [0.4, 0.5) is 5.69 Å². The van der Waals surface area contributed by atoms with Gasteiger partial charge in [-0.3, -0.25) is 15.1 Å². The second-order valence-electron chi connectivity index (χ2n) is 5.15. The van der Waals surface area contributed by atoms with Gasteiger partial charge in [-0.25, -0.2) is 0 Å². The van der Waals surface area contributed by atoms with Crippen molar-refractivity contribution in [3.05, 3.63) is 68.5 Å². The first-order chi connectivity index (χ1) is 10.0. The Morgan fingerprint density at radius 3 is 2.52 bits per heavy atom. The van der Waals surface area contributed by atoms with Gasteiger partial charge in [0.15, 0.2) is 0 Å². The molecule has 0 unspecified atom stereocenters. The van der Waals surface area contributed by atoms with E-state index in [1.807, 2.05) is 12.1 Å². The van der Waals surface area contributed by atoms with E-state index < -0.39 is 0 Å². The van der Waals surface area contributed by atoms with Gasteiger partial charge in [0.05, 0.1) is 10.6 Å². The van der Waals surface area contributed by atoms with Crippen LogP contribution < -0.4 is 5.32 Å². The maximum absolute atomic E-state index is 11.1. The highest BCUT2D eigenvalue weighted by atomic mass is 16.6. The van der Waals surface area contributed by atoms with Crippen LogP contribution in [-0.4, -0.2) is 9.91 Å². The first-order valence-electron chi connectivity index (χ1n) is 6.85. The summed E-state index contributed by atoms with van der Waals surface area (Å²) < 4.78 is 0. The maximum atomic E-state index is 11.1. The normalized spacial score (nSPS) is 10.6. The predicted octanol–water partition coefficient (Wildman–Crippen LogP) is 3.20. The van der Waals surface area contributed by atoms with E-state index in [-0.39, 0.29) is 10.6 Å². The summed E-state index contributed by atoms with van der Waals surface area (Å²) in [5.41, 5.74) is 4.57. The number of rotatable bonds is 5. The van der Waals surface area contributed by atoms with Gasteiger partial charge in [-0.15, -0.1) is 0 Å². The zero-order valence-corrected chi connectivity index (χ0v) is 12.5. The van der Waals surface area contributed by atoms with Crippen LogP contribution in [0.15, 0.2) is 30.5 Å². The molecule has 1 aromatic carbocycles. The number of hydrogen-bond acceptors (Lipinski definition) is 4. The van der Waals surface area contributed by atoms with E-state index in [1.165, 1.54) is 11.1 Å². The van der Waals surface area contributed by atoms with Crippen LogP contribution in [0.25, 0.3) is 0 Å². The van der Waals surface area contributed by atoms with Crippen LogP contribution in [0.5, 0.6) is 0 Å². The van der Waals surface area contributed by atoms with Crippen molar-refractivity contribution in [2.45, 2.75) is 33.9 Å². The average Bonchev–Trinajstić information content (AvgIpc) is 2.43. The van der Waals surface area contributed by atoms with E-state index in [4.69, 9.17) is 0 Å². The number of pyridine rings is 1. The minimum atomic E-state index is -0.336. The summed E-state index contributed by atoms with van der Waals surface area (Å²) in [4.78, 5) is 15.1. The highest BCUT2D eigenvalue weighted by Crippen LogP contribution is 2.23. The van der Waals surface area contributed by atoms with Crippen molar-refractivity contribution < 1.29 is 4.92 Å². The number of aryl methyl sites for hydroxylation is 2. The molecule has 1 N–H and O–H groups in total. The summed E-state index contributed by atoms with van der Waals surface area (Å²) in [6.45, 7) is 6.76. The van der Waals surface area contributed by atoms with E-state index in [0.717, 1.165) is 12.2 Å². The molecule has 0 amide bonds. The summed E-state index contributed by atoms with van der Waals surface area (Å²) in [5, 5.41) is 14.4. The molecule has 5 heteroatoms. The Hall–Kier alpha value is -2.27. The lowest BCUT2D eigenvalue weighted by molar-refractivity contribution is -0.386. The number of nitrogens with one attached hydrogen (secondary N) is 1. The lowest BCUT2D eigenvalue weighted by Crippen LogP contribution is -2.16. The number of hydrogen-bond donors (Lipinski definition) is 1. The fourth-order valence-electron chi connectivity index (χ4n) is 2.35. The summed E-state index contributed by atoms with van der Waals surface area (Å²) in [7, 11) is 0. The van der Waals surface area contributed by atoms with Gasteiger partial charge in [-0.1, -0.05) is 24.3 Å². The van der Waals surface area contributed by atoms with Crippen LogP contribution in [0.3, 0.4) is 0 Å². The molecule has 0 bridgehead atoms. The third kappa shape index (κ3) is 3.44. The first-order valence-corrected chi connectivity index (χ1v) is 6.85. The van der Waals surface area contributed by atoms with Gasteiger partial charge in [0.2, 0.25) is 0 Å². The Kier molecular flexibility index (Phi) is 4.65. The number of benzene rings is 1. The number of nitrogens with zero attached hydrogens (tertiary/aromatic N) is 2. The van der Waals surface area contributed by atoms with Gasteiger partial charge in [-0.2, -0.15) is 0 Å². The van der Waals surface area contributed by atoms with Crippen molar-refractivity contribution in [3.63, 3.8) is 0 Å². The van der Waals surface area contributed by atoms with E-state index in [2.05, 4.69) is 29.4 Å². The van der Waals surface area contributed by atoms with Gasteiger partial charge in [0.25, 0.3) is 5.69 Å². The topological polar surface area (TPSA) is 68.1 Å². The fraction of sp³-hybridized carbons (Fsp3) is 0.312. The third-order valence-corrected chi connectivity index (χ3v) is 3.63. The number of nitro groups is 1. The molecular formula is C16H19N3O2.